The number of halogens is 3. The van der Waals surface area contributed by atoms with Crippen LogP contribution in [0, 0.1) is 0 Å². The number of allylic oxidation sites excluding steroid dienone is 1. The van der Waals surface area contributed by atoms with Crippen molar-refractivity contribution in [3.63, 3.8) is 0 Å². The summed E-state index contributed by atoms with van der Waals surface area (Å²) in [6.07, 6.45) is -3.27. The molecule has 3 nitrogen and oxygen atoms in total. The first kappa shape index (κ1) is 18.0. The second-order valence-electron chi connectivity index (χ2n) is 4.66. The minimum Gasteiger partial charge on any atom is -0.464 e. The fourth-order valence-electron chi connectivity index (χ4n) is 1.70. The van der Waals surface area contributed by atoms with Crippen molar-refractivity contribution in [2.45, 2.75) is 25.1 Å². The summed E-state index contributed by atoms with van der Waals surface area (Å²) in [7, 11) is 0. The average molecular weight is 314 g/mol. The fraction of sp³-hybridized carbons (Fsp3) is 0.312. The Kier molecular flexibility index (Phi) is 5.93. The maximum atomic E-state index is 13.0. The van der Waals surface area contributed by atoms with Crippen LogP contribution in [-0.4, -0.2) is 29.5 Å². The van der Waals surface area contributed by atoms with E-state index in [1.807, 2.05) is 0 Å². The monoisotopic (exact) mass is 314 g/mol. The lowest BCUT2D eigenvalue weighted by molar-refractivity contribution is -0.261. The largest absolute Gasteiger partial charge is 0.464 e. The standard InChI is InChI=1S/C16H17F3O3/c1-3-22-14(20)15(21,16(17,18)19)11-12(2)9-10-13-7-5-4-6-8-13/h4-10,21H,2-3,11H2,1H3/b10-9+/t15-/m0/s1. The molecule has 1 N–H and O–H groups in total. The minimum absolute atomic E-state index is 0.0447. The Morgan fingerprint density at radius 3 is 2.41 bits per heavy atom. The summed E-state index contributed by atoms with van der Waals surface area (Å²) in [4.78, 5) is 11.5. The molecule has 22 heavy (non-hydrogen) atoms. The molecule has 0 amide bonds. The van der Waals surface area contributed by atoms with E-state index in [0.29, 0.717) is 0 Å². The predicted octanol–water partition coefficient (Wildman–Crippen LogP) is 3.50. The maximum Gasteiger partial charge on any atom is 0.428 e. The molecule has 0 spiro atoms. The van der Waals surface area contributed by atoms with Gasteiger partial charge in [-0.05, 0) is 12.5 Å². The van der Waals surface area contributed by atoms with Gasteiger partial charge < -0.3 is 9.84 Å². The van der Waals surface area contributed by atoms with Crippen molar-refractivity contribution in [1.82, 2.24) is 0 Å². The first-order chi connectivity index (χ1) is 10.2. The van der Waals surface area contributed by atoms with Crippen molar-refractivity contribution < 1.29 is 27.8 Å². The van der Waals surface area contributed by atoms with E-state index in [0.717, 1.165) is 5.56 Å². The Morgan fingerprint density at radius 1 is 1.32 bits per heavy atom. The second kappa shape index (κ2) is 7.26. The number of rotatable bonds is 6. The molecule has 1 rings (SSSR count). The number of carbonyl (C=O) groups is 1. The molecule has 1 atom stereocenters. The van der Waals surface area contributed by atoms with E-state index in [1.54, 1.807) is 36.4 Å². The molecule has 1 aromatic carbocycles. The molecule has 6 heteroatoms. The van der Waals surface area contributed by atoms with E-state index in [2.05, 4.69) is 11.3 Å². The van der Waals surface area contributed by atoms with E-state index in [9.17, 15) is 23.1 Å². The third kappa shape index (κ3) is 4.46. The number of benzene rings is 1. The third-order valence-electron chi connectivity index (χ3n) is 2.88. The summed E-state index contributed by atoms with van der Waals surface area (Å²) < 4.78 is 43.3. The van der Waals surface area contributed by atoms with Crippen molar-refractivity contribution in [2.75, 3.05) is 6.61 Å². The van der Waals surface area contributed by atoms with Crippen LogP contribution < -0.4 is 0 Å². The Balaban J connectivity index is 2.89. The van der Waals surface area contributed by atoms with Crippen LogP contribution in [0.4, 0.5) is 13.2 Å². The van der Waals surface area contributed by atoms with Gasteiger partial charge in [-0.25, -0.2) is 4.79 Å². The first-order valence-electron chi connectivity index (χ1n) is 6.58. The van der Waals surface area contributed by atoms with Crippen LogP contribution in [-0.2, 0) is 9.53 Å². The number of carbonyl (C=O) groups excluding carboxylic acids is 1. The quantitative estimate of drug-likeness (QED) is 0.646. The lowest BCUT2D eigenvalue weighted by atomic mass is 9.94. The van der Waals surface area contributed by atoms with Gasteiger partial charge in [0.05, 0.1) is 6.61 Å². The number of ether oxygens (including phenoxy) is 1. The smallest absolute Gasteiger partial charge is 0.428 e. The molecule has 120 valence electrons. The summed E-state index contributed by atoms with van der Waals surface area (Å²) in [6.45, 7) is 4.56. The van der Waals surface area contributed by atoms with Crippen LogP contribution in [0.25, 0.3) is 6.08 Å². The lowest BCUT2D eigenvalue weighted by Gasteiger charge is -2.28. The molecule has 0 radical (unpaired) electrons. The van der Waals surface area contributed by atoms with Gasteiger partial charge >= 0.3 is 12.1 Å². The van der Waals surface area contributed by atoms with Crippen LogP contribution in [0.2, 0.25) is 0 Å². The minimum atomic E-state index is -5.15. The van der Waals surface area contributed by atoms with Gasteiger partial charge in [0, 0.05) is 6.42 Å². The molecule has 0 aliphatic carbocycles. The van der Waals surface area contributed by atoms with E-state index < -0.39 is 24.2 Å². The van der Waals surface area contributed by atoms with E-state index in [1.165, 1.54) is 13.0 Å². The normalized spacial score (nSPS) is 14.6. The van der Waals surface area contributed by atoms with Gasteiger partial charge in [-0.1, -0.05) is 54.6 Å². The number of aliphatic hydroxyl groups is 1. The van der Waals surface area contributed by atoms with E-state index in [-0.39, 0.29) is 12.2 Å². The fourth-order valence-corrected chi connectivity index (χ4v) is 1.70. The zero-order chi connectivity index (χ0) is 16.8. The highest BCUT2D eigenvalue weighted by atomic mass is 19.4. The highest BCUT2D eigenvalue weighted by molar-refractivity contribution is 5.81. The van der Waals surface area contributed by atoms with E-state index in [4.69, 9.17) is 0 Å². The summed E-state index contributed by atoms with van der Waals surface area (Å²) in [6, 6.07) is 8.85. The predicted molar refractivity (Wildman–Crippen MR) is 76.9 cm³/mol. The topological polar surface area (TPSA) is 46.5 Å². The molecule has 0 saturated heterocycles. The first-order valence-corrected chi connectivity index (χ1v) is 6.58. The van der Waals surface area contributed by atoms with Gasteiger partial charge in [-0.15, -0.1) is 0 Å². The average Bonchev–Trinajstić information content (AvgIpc) is 2.45. The van der Waals surface area contributed by atoms with Crippen molar-refractivity contribution in [1.29, 1.82) is 0 Å². The van der Waals surface area contributed by atoms with Crippen molar-refractivity contribution in [3.8, 4) is 0 Å². The van der Waals surface area contributed by atoms with Crippen LogP contribution in [0.5, 0.6) is 0 Å². The van der Waals surface area contributed by atoms with E-state index >= 15 is 0 Å². The molecule has 0 aliphatic rings. The number of hydrogen-bond acceptors (Lipinski definition) is 3. The third-order valence-corrected chi connectivity index (χ3v) is 2.88. The molecule has 0 aliphatic heterocycles. The number of alkyl halides is 3. The van der Waals surface area contributed by atoms with Gasteiger partial charge in [0.2, 0.25) is 0 Å². The molecule has 0 unspecified atom stereocenters. The molecule has 0 fully saturated rings. The molecule has 0 aromatic heterocycles. The highest BCUT2D eigenvalue weighted by Crippen LogP contribution is 2.36. The van der Waals surface area contributed by atoms with Gasteiger partial charge in [-0.3, -0.25) is 0 Å². The Labute approximate surface area is 126 Å². The molecular weight excluding hydrogens is 297 g/mol. The zero-order valence-electron chi connectivity index (χ0n) is 12.1. The number of esters is 1. The highest BCUT2D eigenvalue weighted by Gasteiger charge is 2.60. The van der Waals surface area contributed by atoms with Gasteiger partial charge in [0.15, 0.2) is 0 Å². The van der Waals surface area contributed by atoms with Crippen LogP contribution >= 0.6 is 0 Å². The summed E-state index contributed by atoms with van der Waals surface area (Å²) >= 11 is 0. The Morgan fingerprint density at radius 2 is 1.91 bits per heavy atom. The van der Waals surface area contributed by atoms with Crippen LogP contribution in [0.15, 0.2) is 48.6 Å². The van der Waals surface area contributed by atoms with Crippen LogP contribution in [0.3, 0.4) is 0 Å². The van der Waals surface area contributed by atoms with Crippen LogP contribution in [0.1, 0.15) is 18.9 Å². The SMILES string of the molecule is C=C(/C=C/c1ccccc1)C[C@](O)(C(=O)OCC)C(F)(F)F. The lowest BCUT2D eigenvalue weighted by Crippen LogP contribution is -2.53. The van der Waals surface area contributed by atoms with Gasteiger partial charge in [0.25, 0.3) is 5.60 Å². The molecule has 0 bridgehead atoms. The second-order valence-corrected chi connectivity index (χ2v) is 4.66. The summed E-state index contributed by atoms with van der Waals surface area (Å²) in [5.74, 6) is -1.73. The zero-order valence-corrected chi connectivity index (χ0v) is 12.1. The summed E-state index contributed by atoms with van der Waals surface area (Å²) in [5.41, 5.74) is -2.88. The molecule has 0 saturated carbocycles. The molecule has 1 aromatic rings. The Hall–Kier alpha value is -2.08. The van der Waals surface area contributed by atoms with Crippen molar-refractivity contribution >= 4 is 12.0 Å². The maximum absolute atomic E-state index is 13.0. The van der Waals surface area contributed by atoms with Crippen molar-refractivity contribution in [3.05, 3.63) is 54.1 Å². The molecular formula is C16H17F3O3. The summed E-state index contributed by atoms with van der Waals surface area (Å²) in [5, 5.41) is 9.72. The van der Waals surface area contributed by atoms with Crippen molar-refractivity contribution in [2.24, 2.45) is 0 Å². The number of hydrogen-bond donors (Lipinski definition) is 1. The van der Waals surface area contributed by atoms with Gasteiger partial charge in [0.1, 0.15) is 0 Å². The van der Waals surface area contributed by atoms with Gasteiger partial charge in [-0.2, -0.15) is 13.2 Å². The Bertz CT molecular complexity index is 550. The molecule has 0 heterocycles.